The van der Waals surface area contributed by atoms with Gasteiger partial charge in [-0.1, -0.05) is 32.1 Å². The third kappa shape index (κ3) is 6.24. The van der Waals surface area contributed by atoms with Crippen molar-refractivity contribution < 1.29 is 22.6 Å². The number of thiazole rings is 1. The average Bonchev–Trinajstić information content (AvgIpc) is 3.36. The number of morpholine rings is 1. The Balaban J connectivity index is 1.56. The van der Waals surface area contributed by atoms with Crippen LogP contribution in [0.1, 0.15) is 51.0 Å². The molecule has 5 rings (SSSR count). The second kappa shape index (κ2) is 12.7. The minimum absolute atomic E-state index is 0.282. The van der Waals surface area contributed by atoms with Crippen LogP contribution in [0.5, 0.6) is 11.5 Å². The van der Waals surface area contributed by atoms with E-state index in [1.54, 1.807) is 49.8 Å². The van der Waals surface area contributed by atoms with Crippen LogP contribution in [0.4, 0.5) is 5.69 Å². The summed E-state index contributed by atoms with van der Waals surface area (Å²) in [6, 6.07) is 13.1. The smallest absolute Gasteiger partial charge is 0.243 e. The van der Waals surface area contributed by atoms with E-state index in [-0.39, 0.29) is 4.90 Å². The molecular formula is C29H37N3O5S2. The van der Waals surface area contributed by atoms with Crippen LogP contribution in [0.25, 0.3) is 11.3 Å². The van der Waals surface area contributed by atoms with Gasteiger partial charge in [-0.25, -0.2) is 13.4 Å². The van der Waals surface area contributed by atoms with E-state index >= 15 is 0 Å². The summed E-state index contributed by atoms with van der Waals surface area (Å²) in [5.41, 5.74) is 2.76. The van der Waals surface area contributed by atoms with Gasteiger partial charge in [0.2, 0.25) is 10.0 Å². The van der Waals surface area contributed by atoms with E-state index in [1.807, 2.05) is 18.2 Å². The van der Waals surface area contributed by atoms with Crippen molar-refractivity contribution in [2.75, 3.05) is 40.5 Å². The molecule has 0 radical (unpaired) electrons. The third-order valence-corrected chi connectivity index (χ3v) is 10.3. The standard InChI is InChI=1S/C29H37N3O5S2/c1-35-24-12-15-28(36-2)26(20-24)27-21-38-29(32(27)23-8-6-4-3-5-7-9-23)30-22-10-13-25(14-11-22)39(33,34)31-16-18-37-19-17-31/h10-15,20-21,23H,3-9,16-19H2,1-2H3. The van der Waals surface area contributed by atoms with E-state index in [2.05, 4.69) is 9.95 Å². The van der Waals surface area contributed by atoms with Crippen molar-refractivity contribution in [2.45, 2.75) is 55.9 Å². The highest BCUT2D eigenvalue weighted by Crippen LogP contribution is 2.37. The van der Waals surface area contributed by atoms with Gasteiger partial charge in [0.05, 0.1) is 43.7 Å². The fraction of sp³-hybridized carbons (Fsp3) is 0.483. The molecule has 2 fully saturated rings. The van der Waals surface area contributed by atoms with Crippen LogP contribution in [0.3, 0.4) is 0 Å². The molecule has 1 aromatic heterocycles. The second-order valence-electron chi connectivity index (χ2n) is 9.96. The van der Waals surface area contributed by atoms with E-state index in [0.717, 1.165) is 46.1 Å². The number of ether oxygens (including phenoxy) is 3. The highest BCUT2D eigenvalue weighted by Gasteiger charge is 2.26. The van der Waals surface area contributed by atoms with E-state index in [0.29, 0.717) is 32.3 Å². The fourth-order valence-corrected chi connectivity index (χ4v) is 7.78. The summed E-state index contributed by atoms with van der Waals surface area (Å²) >= 11 is 1.60. The number of sulfonamides is 1. The van der Waals surface area contributed by atoms with Gasteiger partial charge in [-0.2, -0.15) is 4.31 Å². The molecule has 2 aromatic carbocycles. The molecule has 8 nitrogen and oxygen atoms in total. The first kappa shape index (κ1) is 27.9. The summed E-state index contributed by atoms with van der Waals surface area (Å²) in [5, 5.41) is 2.14. The van der Waals surface area contributed by atoms with Crippen LogP contribution in [-0.2, 0) is 14.8 Å². The molecule has 1 saturated heterocycles. The number of methoxy groups -OCH3 is 2. The lowest BCUT2D eigenvalue weighted by Crippen LogP contribution is -2.40. The van der Waals surface area contributed by atoms with Crippen LogP contribution in [0.15, 0.2) is 57.7 Å². The van der Waals surface area contributed by atoms with Gasteiger partial charge in [-0.15, -0.1) is 11.3 Å². The predicted octanol–water partition coefficient (Wildman–Crippen LogP) is 5.77. The first-order chi connectivity index (χ1) is 19.0. The second-order valence-corrected chi connectivity index (χ2v) is 12.7. The van der Waals surface area contributed by atoms with E-state index < -0.39 is 10.0 Å². The van der Waals surface area contributed by atoms with E-state index in [9.17, 15) is 8.42 Å². The third-order valence-electron chi connectivity index (χ3n) is 7.53. The molecule has 0 N–H and O–H groups in total. The fourth-order valence-electron chi connectivity index (χ4n) is 5.40. The number of hydrogen-bond donors (Lipinski definition) is 0. The van der Waals surface area contributed by atoms with Crippen molar-refractivity contribution in [3.8, 4) is 22.8 Å². The monoisotopic (exact) mass is 571 g/mol. The zero-order valence-electron chi connectivity index (χ0n) is 22.7. The molecule has 0 bridgehead atoms. The van der Waals surface area contributed by atoms with Crippen molar-refractivity contribution in [1.29, 1.82) is 0 Å². The summed E-state index contributed by atoms with van der Waals surface area (Å²) < 4.78 is 46.6. The molecule has 0 unspecified atom stereocenters. The highest BCUT2D eigenvalue weighted by molar-refractivity contribution is 7.89. The molecule has 10 heteroatoms. The predicted molar refractivity (Wildman–Crippen MR) is 153 cm³/mol. The van der Waals surface area contributed by atoms with Crippen LogP contribution in [-0.4, -0.2) is 57.8 Å². The zero-order valence-corrected chi connectivity index (χ0v) is 24.3. The maximum atomic E-state index is 13.1. The minimum Gasteiger partial charge on any atom is -0.497 e. The molecule has 1 saturated carbocycles. The number of hydrogen-bond acceptors (Lipinski definition) is 7. The molecule has 3 aromatic rings. The van der Waals surface area contributed by atoms with Crippen molar-refractivity contribution in [3.63, 3.8) is 0 Å². The SMILES string of the molecule is COc1ccc(OC)c(-c2csc(=Nc3ccc(S(=O)(=O)N4CCOCC4)cc3)n2C2CCCCCCC2)c1. The van der Waals surface area contributed by atoms with Gasteiger partial charge in [0.15, 0.2) is 4.80 Å². The maximum Gasteiger partial charge on any atom is 0.243 e. The lowest BCUT2D eigenvalue weighted by Gasteiger charge is -2.26. The molecule has 0 amide bonds. The first-order valence-electron chi connectivity index (χ1n) is 13.7. The molecular weight excluding hydrogens is 534 g/mol. The van der Waals surface area contributed by atoms with Gasteiger partial charge in [0.1, 0.15) is 11.5 Å². The van der Waals surface area contributed by atoms with Crippen LogP contribution in [0.2, 0.25) is 0 Å². The Hall–Kier alpha value is -2.66. The van der Waals surface area contributed by atoms with Crippen molar-refractivity contribution in [3.05, 3.63) is 52.6 Å². The quantitative estimate of drug-likeness (QED) is 0.360. The summed E-state index contributed by atoms with van der Waals surface area (Å²) in [6.45, 7) is 1.60. The summed E-state index contributed by atoms with van der Waals surface area (Å²) in [5.74, 6) is 1.56. The normalized spacial score (nSPS) is 18.5. The van der Waals surface area contributed by atoms with Gasteiger partial charge >= 0.3 is 0 Å². The van der Waals surface area contributed by atoms with Crippen LogP contribution >= 0.6 is 11.3 Å². The summed E-state index contributed by atoms with van der Waals surface area (Å²) in [7, 11) is -0.185. The van der Waals surface area contributed by atoms with Gasteiger partial charge in [-0.05, 0) is 55.3 Å². The highest BCUT2D eigenvalue weighted by atomic mass is 32.2. The van der Waals surface area contributed by atoms with Crippen LogP contribution < -0.4 is 14.3 Å². The Morgan fingerprint density at radius 3 is 2.28 bits per heavy atom. The Morgan fingerprint density at radius 2 is 1.62 bits per heavy atom. The van der Waals surface area contributed by atoms with Crippen molar-refractivity contribution in [2.24, 2.45) is 4.99 Å². The Bertz CT molecular complexity index is 1420. The van der Waals surface area contributed by atoms with Crippen LogP contribution in [0, 0.1) is 0 Å². The van der Waals surface area contributed by atoms with E-state index in [4.69, 9.17) is 19.2 Å². The van der Waals surface area contributed by atoms with Gasteiger partial charge in [0, 0.05) is 30.1 Å². The molecule has 2 aliphatic rings. The Labute approximate surface area is 234 Å². The molecule has 1 aliphatic carbocycles. The number of benzene rings is 2. The number of aromatic nitrogens is 1. The summed E-state index contributed by atoms with van der Waals surface area (Å²) in [4.78, 5) is 6.21. The molecule has 2 heterocycles. The molecule has 0 atom stereocenters. The maximum absolute atomic E-state index is 13.1. The first-order valence-corrected chi connectivity index (χ1v) is 16.0. The molecule has 39 heavy (non-hydrogen) atoms. The van der Waals surface area contributed by atoms with E-state index in [1.165, 1.54) is 36.4 Å². The molecule has 1 aliphatic heterocycles. The van der Waals surface area contributed by atoms with Gasteiger partial charge in [0.25, 0.3) is 0 Å². The Kier molecular flexibility index (Phi) is 9.06. The van der Waals surface area contributed by atoms with Crippen molar-refractivity contribution in [1.82, 2.24) is 8.87 Å². The van der Waals surface area contributed by atoms with Crippen molar-refractivity contribution >= 4 is 27.0 Å². The van der Waals surface area contributed by atoms with Gasteiger partial charge in [-0.3, -0.25) is 0 Å². The zero-order chi connectivity index (χ0) is 27.2. The Morgan fingerprint density at radius 1 is 0.923 bits per heavy atom. The lowest BCUT2D eigenvalue weighted by molar-refractivity contribution is 0.0730. The minimum atomic E-state index is -3.55. The van der Waals surface area contributed by atoms with Gasteiger partial charge < -0.3 is 18.8 Å². The topological polar surface area (TPSA) is 82.4 Å². The lowest BCUT2D eigenvalue weighted by atomic mass is 9.96. The number of rotatable bonds is 7. The number of nitrogens with zero attached hydrogens (tertiary/aromatic N) is 3. The average molecular weight is 572 g/mol. The molecule has 210 valence electrons. The molecule has 0 spiro atoms. The summed E-state index contributed by atoms with van der Waals surface area (Å²) in [6.07, 6.45) is 8.38. The largest absolute Gasteiger partial charge is 0.497 e.